The first-order valence-corrected chi connectivity index (χ1v) is 6.84. The van der Waals surface area contributed by atoms with Gasteiger partial charge in [-0.3, -0.25) is 14.9 Å². The summed E-state index contributed by atoms with van der Waals surface area (Å²) in [6, 6.07) is 4.60. The van der Waals surface area contributed by atoms with Gasteiger partial charge in [-0.1, -0.05) is 6.92 Å². The van der Waals surface area contributed by atoms with Crippen molar-refractivity contribution in [3.05, 3.63) is 33.9 Å². The summed E-state index contributed by atoms with van der Waals surface area (Å²) in [7, 11) is 0. The molecule has 1 atom stereocenters. The van der Waals surface area contributed by atoms with Crippen LogP contribution in [0.3, 0.4) is 0 Å². The second kappa shape index (κ2) is 5.90. The zero-order valence-corrected chi connectivity index (χ0v) is 11.8. The highest BCUT2D eigenvalue weighted by Gasteiger charge is 2.29. The van der Waals surface area contributed by atoms with Gasteiger partial charge in [0.25, 0.3) is 11.6 Å². The summed E-state index contributed by atoms with van der Waals surface area (Å²) in [6.45, 7) is 6.05. The Labute approximate surface area is 117 Å². The third-order valence-electron chi connectivity index (χ3n) is 3.52. The molecule has 1 aromatic rings. The molecule has 1 saturated heterocycles. The van der Waals surface area contributed by atoms with Gasteiger partial charge in [-0.2, -0.15) is 0 Å². The SMILES string of the molecule is CCNc1ccc([N+](=O)[O-])c(C(=O)N2CCC(C)C2)c1. The van der Waals surface area contributed by atoms with Crippen molar-refractivity contribution in [3.8, 4) is 0 Å². The van der Waals surface area contributed by atoms with Crippen LogP contribution in [-0.4, -0.2) is 35.4 Å². The maximum Gasteiger partial charge on any atom is 0.282 e. The lowest BCUT2D eigenvalue weighted by Gasteiger charge is -2.16. The highest BCUT2D eigenvalue weighted by atomic mass is 16.6. The molecule has 0 aromatic heterocycles. The third-order valence-corrected chi connectivity index (χ3v) is 3.52. The molecule has 1 unspecified atom stereocenters. The van der Waals surface area contributed by atoms with E-state index in [2.05, 4.69) is 12.2 Å². The topological polar surface area (TPSA) is 75.5 Å². The Morgan fingerprint density at radius 3 is 2.85 bits per heavy atom. The van der Waals surface area contributed by atoms with E-state index < -0.39 is 4.92 Å². The van der Waals surface area contributed by atoms with Crippen molar-refractivity contribution in [1.29, 1.82) is 0 Å². The summed E-state index contributed by atoms with van der Waals surface area (Å²) >= 11 is 0. The van der Waals surface area contributed by atoms with Crippen LogP contribution in [0.2, 0.25) is 0 Å². The number of nitro groups is 1. The molecule has 0 radical (unpaired) electrons. The smallest absolute Gasteiger partial charge is 0.282 e. The number of benzene rings is 1. The molecule has 0 aliphatic carbocycles. The second-order valence-corrected chi connectivity index (χ2v) is 5.16. The van der Waals surface area contributed by atoms with Gasteiger partial charge >= 0.3 is 0 Å². The van der Waals surface area contributed by atoms with E-state index >= 15 is 0 Å². The number of carbonyl (C=O) groups is 1. The number of carbonyl (C=O) groups excluding carboxylic acids is 1. The fourth-order valence-corrected chi connectivity index (χ4v) is 2.47. The number of amides is 1. The molecule has 2 rings (SSSR count). The van der Waals surface area contributed by atoms with E-state index in [0.29, 0.717) is 25.6 Å². The van der Waals surface area contributed by atoms with E-state index in [0.717, 1.165) is 12.1 Å². The summed E-state index contributed by atoms with van der Waals surface area (Å²) in [6.07, 6.45) is 0.951. The maximum absolute atomic E-state index is 12.5. The van der Waals surface area contributed by atoms with Gasteiger partial charge in [-0.05, 0) is 31.4 Å². The minimum atomic E-state index is -0.498. The normalized spacial score (nSPS) is 18.1. The lowest BCUT2D eigenvalue weighted by Crippen LogP contribution is -2.29. The Morgan fingerprint density at radius 2 is 2.30 bits per heavy atom. The molecule has 20 heavy (non-hydrogen) atoms. The summed E-state index contributed by atoms with van der Waals surface area (Å²) in [5, 5.41) is 14.2. The predicted molar refractivity (Wildman–Crippen MR) is 76.9 cm³/mol. The summed E-state index contributed by atoms with van der Waals surface area (Å²) in [5.74, 6) is 0.204. The highest BCUT2D eigenvalue weighted by molar-refractivity contribution is 5.99. The molecule has 1 heterocycles. The average Bonchev–Trinajstić information content (AvgIpc) is 2.84. The van der Waals surface area contributed by atoms with Gasteiger partial charge in [0.05, 0.1) is 4.92 Å². The highest BCUT2D eigenvalue weighted by Crippen LogP contribution is 2.26. The fourth-order valence-electron chi connectivity index (χ4n) is 2.47. The Hall–Kier alpha value is -2.11. The first-order valence-electron chi connectivity index (χ1n) is 6.84. The Bertz CT molecular complexity index is 530. The Kier molecular flexibility index (Phi) is 4.22. The lowest BCUT2D eigenvalue weighted by atomic mass is 10.1. The molecule has 1 aliphatic heterocycles. The molecule has 0 bridgehead atoms. The van der Waals surface area contributed by atoms with Crippen molar-refractivity contribution in [3.63, 3.8) is 0 Å². The van der Waals surface area contributed by atoms with Crippen LogP contribution in [0.5, 0.6) is 0 Å². The van der Waals surface area contributed by atoms with Crippen molar-refractivity contribution in [2.45, 2.75) is 20.3 Å². The molecule has 1 fully saturated rings. The number of hydrogen-bond donors (Lipinski definition) is 1. The van der Waals surface area contributed by atoms with Crippen LogP contribution < -0.4 is 5.32 Å². The van der Waals surface area contributed by atoms with Crippen molar-refractivity contribution in [2.24, 2.45) is 5.92 Å². The summed E-state index contributed by atoms with van der Waals surface area (Å²) in [4.78, 5) is 24.8. The van der Waals surface area contributed by atoms with Gasteiger partial charge in [-0.25, -0.2) is 0 Å². The van der Waals surface area contributed by atoms with Crippen LogP contribution in [0.15, 0.2) is 18.2 Å². The van der Waals surface area contributed by atoms with Crippen molar-refractivity contribution >= 4 is 17.3 Å². The largest absolute Gasteiger partial charge is 0.385 e. The Balaban J connectivity index is 2.33. The monoisotopic (exact) mass is 277 g/mol. The molecule has 1 N–H and O–H groups in total. The predicted octanol–water partition coefficient (Wildman–Crippen LogP) is 2.51. The van der Waals surface area contributed by atoms with Crippen LogP contribution in [0.4, 0.5) is 11.4 Å². The standard InChI is InChI=1S/C14H19N3O3/c1-3-15-11-4-5-13(17(19)20)12(8-11)14(18)16-7-6-10(2)9-16/h4-5,8,10,15H,3,6-7,9H2,1-2H3. The van der Waals surface area contributed by atoms with Gasteiger partial charge in [-0.15, -0.1) is 0 Å². The number of nitrogens with zero attached hydrogens (tertiary/aromatic N) is 2. The molecule has 1 amide bonds. The van der Waals surface area contributed by atoms with E-state index in [1.54, 1.807) is 17.0 Å². The van der Waals surface area contributed by atoms with E-state index in [9.17, 15) is 14.9 Å². The number of likely N-dealkylation sites (tertiary alicyclic amines) is 1. The van der Waals surface area contributed by atoms with Crippen molar-refractivity contribution in [2.75, 3.05) is 25.0 Å². The lowest BCUT2D eigenvalue weighted by molar-refractivity contribution is -0.385. The van der Waals surface area contributed by atoms with E-state index in [1.807, 2.05) is 6.92 Å². The van der Waals surface area contributed by atoms with E-state index in [-0.39, 0.29) is 17.2 Å². The molecular weight excluding hydrogens is 258 g/mol. The molecule has 1 aromatic carbocycles. The average molecular weight is 277 g/mol. The molecule has 108 valence electrons. The molecule has 0 saturated carbocycles. The number of nitro benzene ring substituents is 1. The van der Waals surface area contributed by atoms with E-state index in [1.165, 1.54) is 6.07 Å². The zero-order valence-electron chi connectivity index (χ0n) is 11.8. The molecule has 6 nitrogen and oxygen atoms in total. The van der Waals surface area contributed by atoms with Gasteiger partial charge < -0.3 is 10.2 Å². The molecule has 1 aliphatic rings. The zero-order chi connectivity index (χ0) is 14.7. The van der Waals surface area contributed by atoms with Gasteiger partial charge in [0.15, 0.2) is 0 Å². The molecule has 6 heteroatoms. The minimum absolute atomic E-state index is 0.129. The molecular formula is C14H19N3O3. The fraction of sp³-hybridized carbons (Fsp3) is 0.500. The van der Waals surface area contributed by atoms with Crippen LogP contribution in [0, 0.1) is 16.0 Å². The van der Waals surface area contributed by atoms with E-state index in [4.69, 9.17) is 0 Å². The number of nitrogens with one attached hydrogen (secondary N) is 1. The van der Waals surface area contributed by atoms with Gasteiger partial charge in [0, 0.05) is 31.4 Å². The maximum atomic E-state index is 12.5. The number of anilines is 1. The van der Waals surface area contributed by atoms with Crippen molar-refractivity contribution in [1.82, 2.24) is 4.90 Å². The van der Waals surface area contributed by atoms with Crippen molar-refractivity contribution < 1.29 is 9.72 Å². The number of hydrogen-bond acceptors (Lipinski definition) is 4. The first-order chi connectivity index (χ1) is 9.52. The first kappa shape index (κ1) is 14.3. The Morgan fingerprint density at radius 1 is 1.55 bits per heavy atom. The van der Waals surface area contributed by atoms with Crippen LogP contribution in [0.1, 0.15) is 30.6 Å². The molecule has 0 spiro atoms. The van der Waals surface area contributed by atoms with Crippen LogP contribution in [0.25, 0.3) is 0 Å². The van der Waals surface area contributed by atoms with Gasteiger partial charge in [0.1, 0.15) is 5.56 Å². The summed E-state index contributed by atoms with van der Waals surface area (Å²) < 4.78 is 0. The van der Waals surface area contributed by atoms with Crippen LogP contribution >= 0.6 is 0 Å². The van der Waals surface area contributed by atoms with Crippen LogP contribution in [-0.2, 0) is 0 Å². The summed E-state index contributed by atoms with van der Waals surface area (Å²) in [5.41, 5.74) is 0.771. The third kappa shape index (κ3) is 2.89. The number of rotatable bonds is 4. The van der Waals surface area contributed by atoms with Gasteiger partial charge in [0.2, 0.25) is 0 Å². The quantitative estimate of drug-likeness (QED) is 0.677. The minimum Gasteiger partial charge on any atom is -0.385 e. The second-order valence-electron chi connectivity index (χ2n) is 5.16.